The van der Waals surface area contributed by atoms with E-state index in [4.69, 9.17) is 0 Å². The Morgan fingerprint density at radius 2 is 0.434 bits per heavy atom. The summed E-state index contributed by atoms with van der Waals surface area (Å²) in [7, 11) is -7.03. The molecule has 0 radical (unpaired) electrons. The molecule has 0 saturated carbocycles. The lowest BCUT2D eigenvalue weighted by Crippen LogP contribution is -2.22. The molecular formula is C26F18O8S. The molecular weight excluding hydrogens is 814 g/mol. The highest BCUT2D eigenvalue weighted by Gasteiger charge is 2.43. The highest BCUT2D eigenvalue weighted by Crippen LogP contribution is 2.40. The van der Waals surface area contributed by atoms with Crippen LogP contribution >= 0.6 is 0 Å². The fourth-order valence-electron chi connectivity index (χ4n) is 3.66. The van der Waals surface area contributed by atoms with E-state index in [0.29, 0.717) is 0 Å². The Labute approximate surface area is 276 Å². The van der Waals surface area contributed by atoms with Crippen LogP contribution in [0.25, 0.3) is 0 Å². The Morgan fingerprint density at radius 3 is 0.623 bits per heavy atom. The molecule has 4 aromatic carbocycles. The maximum atomic E-state index is 14.8. The summed E-state index contributed by atoms with van der Waals surface area (Å²) in [6, 6.07) is 0. The molecule has 4 aromatic rings. The zero-order valence-corrected chi connectivity index (χ0v) is 24.3. The van der Waals surface area contributed by atoms with E-state index in [1.54, 1.807) is 0 Å². The van der Waals surface area contributed by atoms with Crippen LogP contribution in [0, 0.1) is 105 Å². The zero-order chi connectivity index (χ0) is 40.3. The molecule has 8 nitrogen and oxygen atoms in total. The topological polar surface area (TPSA) is 105 Å². The molecule has 4 rings (SSSR count). The number of carbonyl (C=O) groups excluding carboxylic acids is 2. The average molecular weight is 814 g/mol. The van der Waals surface area contributed by atoms with Gasteiger partial charge in [0.25, 0.3) is 0 Å². The number of benzene rings is 4. The fraction of sp³-hybridized carbons (Fsp3) is 0. The highest BCUT2D eigenvalue weighted by molar-refractivity contribution is 7.91. The summed E-state index contributed by atoms with van der Waals surface area (Å²) in [4.78, 5) is 17.1. The summed E-state index contributed by atoms with van der Waals surface area (Å²) >= 11 is 0. The van der Waals surface area contributed by atoms with Crippen molar-refractivity contribution in [2.75, 3.05) is 0 Å². The fourth-order valence-corrected chi connectivity index (χ4v) is 5.17. The molecule has 0 saturated heterocycles. The van der Waals surface area contributed by atoms with E-state index in [1.807, 2.05) is 0 Å². The smallest absolute Gasteiger partial charge is 0.388 e. The van der Waals surface area contributed by atoms with Crippen LogP contribution in [0.3, 0.4) is 0 Å². The second kappa shape index (κ2) is 13.9. The van der Waals surface area contributed by atoms with Gasteiger partial charge in [0.2, 0.25) is 114 Å². The van der Waals surface area contributed by atoms with Crippen molar-refractivity contribution in [2.24, 2.45) is 0 Å². The Kier molecular flexibility index (Phi) is 10.5. The third-order valence-corrected chi connectivity index (χ3v) is 7.78. The third kappa shape index (κ3) is 6.43. The maximum Gasteiger partial charge on any atom is 0.519 e. The van der Waals surface area contributed by atoms with Crippen molar-refractivity contribution in [3.63, 3.8) is 0 Å². The maximum absolute atomic E-state index is 14.8. The van der Waals surface area contributed by atoms with Gasteiger partial charge in [0.05, 0.1) is 0 Å². The molecule has 0 atom stereocenters. The van der Waals surface area contributed by atoms with Crippen molar-refractivity contribution in [1.29, 1.82) is 0 Å². The van der Waals surface area contributed by atoms with Crippen molar-refractivity contribution in [2.45, 2.75) is 9.79 Å². The second-order valence-corrected chi connectivity index (χ2v) is 10.9. The van der Waals surface area contributed by atoms with Gasteiger partial charge in [-0.25, -0.2) is 61.9 Å². The Morgan fingerprint density at radius 1 is 0.283 bits per heavy atom. The summed E-state index contributed by atoms with van der Waals surface area (Å²) < 4.78 is 292. The molecule has 0 fully saturated rings. The first-order chi connectivity index (χ1) is 24.4. The van der Waals surface area contributed by atoms with E-state index in [2.05, 4.69) is 18.9 Å². The molecule has 0 unspecified atom stereocenters. The Hall–Kier alpha value is -5.89. The van der Waals surface area contributed by atoms with Crippen molar-refractivity contribution < 1.29 is 116 Å². The Bertz CT molecular complexity index is 2130. The van der Waals surface area contributed by atoms with E-state index in [1.165, 1.54) is 0 Å². The standard InChI is InChI=1S/C26F18O8S/c27-1-3(29)7(33)19(8(34)4(1)30)49-25(45)51-21-11(37)15(41)23(16(42)12(21)38)53(47,48)24-17(43)13(39)22(14(40)18(24)44)52-26(46)50-20-9(35)5(31)2(28)6(32)10(20)36. The highest BCUT2D eigenvalue weighted by atomic mass is 32.2. The van der Waals surface area contributed by atoms with Gasteiger partial charge in [0.1, 0.15) is 9.79 Å². The van der Waals surface area contributed by atoms with Crippen LogP contribution < -0.4 is 18.9 Å². The molecule has 53 heavy (non-hydrogen) atoms. The molecule has 0 aliphatic rings. The molecule has 0 amide bonds. The van der Waals surface area contributed by atoms with Gasteiger partial charge in [0, 0.05) is 0 Å². The van der Waals surface area contributed by atoms with Gasteiger partial charge in [-0.1, -0.05) is 0 Å². The Balaban J connectivity index is 1.73. The number of ether oxygens (including phenoxy) is 4. The largest absolute Gasteiger partial charge is 0.519 e. The van der Waals surface area contributed by atoms with Crippen LogP contribution in [-0.2, 0) is 9.84 Å². The molecule has 0 aromatic heterocycles. The molecule has 0 spiro atoms. The van der Waals surface area contributed by atoms with Crippen LogP contribution in [-0.4, -0.2) is 20.7 Å². The number of hydrogen-bond donors (Lipinski definition) is 0. The first-order valence-electron chi connectivity index (χ1n) is 12.2. The minimum atomic E-state index is -7.03. The monoisotopic (exact) mass is 814 g/mol. The van der Waals surface area contributed by atoms with Crippen LogP contribution in [0.2, 0.25) is 0 Å². The van der Waals surface area contributed by atoms with Crippen LogP contribution in [0.1, 0.15) is 0 Å². The quantitative estimate of drug-likeness (QED) is 0.0632. The lowest BCUT2D eigenvalue weighted by Gasteiger charge is -2.15. The first-order valence-corrected chi connectivity index (χ1v) is 13.7. The van der Waals surface area contributed by atoms with Crippen molar-refractivity contribution in [3.8, 4) is 23.0 Å². The normalized spacial score (nSPS) is 11.5. The molecule has 27 heteroatoms. The third-order valence-electron chi connectivity index (χ3n) is 5.98. The van der Waals surface area contributed by atoms with Gasteiger partial charge in [-0.2, -0.15) is 35.1 Å². The van der Waals surface area contributed by atoms with E-state index in [-0.39, 0.29) is 0 Å². The predicted octanol–water partition coefficient (Wildman–Crippen LogP) is 8.18. The second-order valence-electron chi connectivity index (χ2n) is 9.04. The molecule has 284 valence electrons. The SMILES string of the molecule is O=C(Oc1c(F)c(F)c(F)c(F)c1F)Oc1c(F)c(F)c(S(=O)(=O)c2c(F)c(F)c(OC(=O)Oc3c(F)c(F)c(F)c(F)c3F)c(F)c2F)c(F)c1F. The summed E-state index contributed by atoms with van der Waals surface area (Å²) in [5.74, 6) is -65.5. The van der Waals surface area contributed by atoms with E-state index in [9.17, 15) is 97.0 Å². The van der Waals surface area contributed by atoms with Gasteiger partial charge < -0.3 is 18.9 Å². The molecule has 0 N–H and O–H groups in total. The average Bonchev–Trinajstić information content (AvgIpc) is 3.10. The zero-order valence-electron chi connectivity index (χ0n) is 23.5. The number of carbonyl (C=O) groups is 2. The van der Waals surface area contributed by atoms with E-state index >= 15 is 0 Å². The van der Waals surface area contributed by atoms with Gasteiger partial charge in [-0.05, 0) is 0 Å². The predicted molar refractivity (Wildman–Crippen MR) is 124 cm³/mol. The minimum absolute atomic E-state index is 2.53. The van der Waals surface area contributed by atoms with Crippen LogP contribution in [0.15, 0.2) is 9.79 Å². The van der Waals surface area contributed by atoms with Crippen LogP contribution in [0.4, 0.5) is 88.6 Å². The van der Waals surface area contributed by atoms with E-state index in [0.717, 1.165) is 0 Å². The lowest BCUT2D eigenvalue weighted by molar-refractivity contribution is 0.139. The first kappa shape index (κ1) is 39.9. The lowest BCUT2D eigenvalue weighted by atomic mass is 10.2. The summed E-state index contributed by atoms with van der Waals surface area (Å²) in [6.07, 6.45) is -5.92. The molecule has 0 bridgehead atoms. The van der Waals surface area contributed by atoms with E-state index < -0.39 is 160 Å². The molecule has 0 aliphatic carbocycles. The number of rotatable bonds is 6. The summed E-state index contributed by atoms with van der Waals surface area (Å²) in [6.45, 7) is 0. The van der Waals surface area contributed by atoms with Gasteiger partial charge >= 0.3 is 12.3 Å². The van der Waals surface area contributed by atoms with Crippen LogP contribution in [0.5, 0.6) is 23.0 Å². The van der Waals surface area contributed by atoms with Crippen molar-refractivity contribution in [1.82, 2.24) is 0 Å². The van der Waals surface area contributed by atoms with Crippen molar-refractivity contribution in [3.05, 3.63) is 105 Å². The van der Waals surface area contributed by atoms with Gasteiger partial charge in [0.15, 0.2) is 23.3 Å². The summed E-state index contributed by atoms with van der Waals surface area (Å²) in [5, 5.41) is 0. The number of hydrogen-bond acceptors (Lipinski definition) is 8. The van der Waals surface area contributed by atoms with Gasteiger partial charge in [-0.3, -0.25) is 0 Å². The van der Waals surface area contributed by atoms with Crippen molar-refractivity contribution >= 4 is 22.1 Å². The molecule has 0 aliphatic heterocycles. The number of halogens is 18. The molecule has 0 heterocycles. The minimum Gasteiger partial charge on any atom is -0.388 e. The summed E-state index contributed by atoms with van der Waals surface area (Å²) in [5.41, 5.74) is 0. The van der Waals surface area contributed by atoms with Gasteiger partial charge in [-0.15, -0.1) is 0 Å². The number of sulfone groups is 1.